The molecule has 4 N–H and O–H groups in total. The Bertz CT molecular complexity index is 486. The van der Waals surface area contributed by atoms with Crippen molar-refractivity contribution >= 4 is 17.8 Å². The largest absolute Gasteiger partial charge is 0.493 e. The van der Waals surface area contributed by atoms with E-state index in [9.17, 15) is 14.4 Å². The molecule has 7 nitrogen and oxygen atoms in total. The molecule has 0 saturated heterocycles. The summed E-state index contributed by atoms with van der Waals surface area (Å²) >= 11 is 0. The van der Waals surface area contributed by atoms with Gasteiger partial charge in [-0.3, -0.25) is 14.4 Å². The zero-order valence-corrected chi connectivity index (χ0v) is 11.9. The molecule has 0 unspecified atom stereocenters. The Kier molecular flexibility index (Phi) is 8.21. The van der Waals surface area contributed by atoms with E-state index in [4.69, 9.17) is 20.7 Å². The summed E-state index contributed by atoms with van der Waals surface area (Å²) in [5.74, 6) is -3.70. The molecule has 0 aromatic heterocycles. The molecule has 0 spiro atoms. The molecule has 116 valence electrons. The Morgan fingerprint density at radius 1 is 1.14 bits per heavy atom. The molecule has 0 radical (unpaired) electrons. The highest BCUT2D eigenvalue weighted by Gasteiger charge is 2.22. The molecular weight excluding hydrogens is 278 g/mol. The van der Waals surface area contributed by atoms with Gasteiger partial charge in [-0.2, -0.15) is 0 Å². The van der Waals surface area contributed by atoms with Crippen molar-refractivity contribution in [2.24, 2.45) is 11.7 Å². The van der Waals surface area contributed by atoms with E-state index in [1.165, 1.54) is 6.92 Å². The van der Waals surface area contributed by atoms with E-state index < -0.39 is 23.8 Å². The van der Waals surface area contributed by atoms with Crippen LogP contribution in [0, 0.1) is 5.92 Å². The number of carboxylic acid groups (broad SMARTS) is 2. The van der Waals surface area contributed by atoms with Crippen LogP contribution in [-0.4, -0.2) is 34.7 Å². The minimum Gasteiger partial charge on any atom is -0.493 e. The van der Waals surface area contributed by atoms with Crippen LogP contribution in [0.4, 0.5) is 0 Å². The lowest BCUT2D eigenvalue weighted by Crippen LogP contribution is -2.21. The lowest BCUT2D eigenvalue weighted by atomic mass is 10.1. The lowest BCUT2D eigenvalue weighted by molar-refractivity contribution is -0.154. The van der Waals surface area contributed by atoms with Crippen LogP contribution in [0.25, 0.3) is 0 Å². The Morgan fingerprint density at radius 2 is 1.67 bits per heavy atom. The number of ether oxygens (including phenoxy) is 1. The van der Waals surface area contributed by atoms with Gasteiger partial charge in [0, 0.05) is 0 Å². The first-order chi connectivity index (χ1) is 9.84. The second-order valence-corrected chi connectivity index (χ2v) is 3.93. The van der Waals surface area contributed by atoms with E-state index in [1.54, 1.807) is 24.3 Å². The van der Waals surface area contributed by atoms with Crippen LogP contribution in [0.3, 0.4) is 0 Å². The van der Waals surface area contributed by atoms with Gasteiger partial charge in [-0.05, 0) is 25.5 Å². The van der Waals surface area contributed by atoms with Gasteiger partial charge in [0.15, 0.2) is 5.92 Å². The number of para-hydroxylation sites is 1. The zero-order valence-electron chi connectivity index (χ0n) is 11.9. The lowest BCUT2D eigenvalue weighted by Gasteiger charge is -2.05. The maximum Gasteiger partial charge on any atom is 0.317 e. The molecule has 0 heterocycles. The maximum absolute atomic E-state index is 10.8. The molecule has 1 rings (SSSR count). The molecule has 1 aromatic rings. The smallest absolute Gasteiger partial charge is 0.317 e. The number of hydrogen-bond acceptors (Lipinski definition) is 4. The minimum absolute atomic E-state index is 0.130. The summed E-state index contributed by atoms with van der Waals surface area (Å²) in [6.07, 6.45) is 0.130. The van der Waals surface area contributed by atoms with Crippen molar-refractivity contribution in [3.63, 3.8) is 0 Å². The first kappa shape index (κ1) is 18.4. The molecule has 21 heavy (non-hydrogen) atoms. The summed E-state index contributed by atoms with van der Waals surface area (Å²) in [6, 6.07) is 6.93. The standard InChI is InChI=1S/C9H11NO2.C5H8O4/c1-2-12-8-6-4-3-5-7(8)9(10)11;1-2-3(4(6)7)5(8)9/h3-6H,2H2,1H3,(H2,10,11);3H,2H2,1H3,(H,6,7)(H,8,9). The molecule has 7 heteroatoms. The zero-order chi connectivity index (χ0) is 16.4. The number of primary amides is 1. The third-order valence-corrected chi connectivity index (χ3v) is 2.46. The Balaban J connectivity index is 0.000000400. The summed E-state index contributed by atoms with van der Waals surface area (Å²) in [7, 11) is 0. The number of aliphatic carboxylic acids is 2. The highest BCUT2D eigenvalue weighted by molar-refractivity contribution is 5.95. The van der Waals surface area contributed by atoms with E-state index >= 15 is 0 Å². The number of hydrogen-bond donors (Lipinski definition) is 3. The number of benzene rings is 1. The number of carbonyl (C=O) groups excluding carboxylic acids is 1. The summed E-state index contributed by atoms with van der Waals surface area (Å²) in [5, 5.41) is 16.3. The predicted molar refractivity (Wildman–Crippen MR) is 75.2 cm³/mol. The Morgan fingerprint density at radius 3 is 2.00 bits per heavy atom. The number of carbonyl (C=O) groups is 3. The highest BCUT2D eigenvalue weighted by atomic mass is 16.5. The van der Waals surface area contributed by atoms with Crippen LogP contribution < -0.4 is 10.5 Å². The van der Waals surface area contributed by atoms with Crippen LogP contribution >= 0.6 is 0 Å². The molecule has 0 bridgehead atoms. The molecule has 0 aliphatic heterocycles. The summed E-state index contributed by atoms with van der Waals surface area (Å²) in [4.78, 5) is 30.8. The van der Waals surface area contributed by atoms with Crippen molar-refractivity contribution in [2.75, 3.05) is 6.61 Å². The molecular formula is C14H19NO6. The number of nitrogens with two attached hydrogens (primary N) is 1. The third kappa shape index (κ3) is 6.42. The summed E-state index contributed by atoms with van der Waals surface area (Å²) < 4.78 is 5.20. The van der Waals surface area contributed by atoms with E-state index in [-0.39, 0.29) is 6.42 Å². The fourth-order valence-electron chi connectivity index (χ4n) is 1.41. The molecule has 1 amide bonds. The fraction of sp³-hybridized carbons (Fsp3) is 0.357. The number of carboxylic acids is 2. The van der Waals surface area contributed by atoms with Crippen LogP contribution in [0.15, 0.2) is 24.3 Å². The van der Waals surface area contributed by atoms with Crippen molar-refractivity contribution in [3.8, 4) is 5.75 Å². The van der Waals surface area contributed by atoms with Gasteiger partial charge < -0.3 is 20.7 Å². The average Bonchev–Trinajstić information content (AvgIpc) is 2.40. The monoisotopic (exact) mass is 297 g/mol. The number of rotatable bonds is 6. The topological polar surface area (TPSA) is 127 Å². The van der Waals surface area contributed by atoms with Crippen LogP contribution in [-0.2, 0) is 9.59 Å². The fourth-order valence-corrected chi connectivity index (χ4v) is 1.41. The van der Waals surface area contributed by atoms with Gasteiger partial charge in [0.05, 0.1) is 12.2 Å². The Labute approximate surface area is 122 Å². The second kappa shape index (κ2) is 9.35. The van der Waals surface area contributed by atoms with Crippen molar-refractivity contribution in [1.29, 1.82) is 0 Å². The van der Waals surface area contributed by atoms with Crippen LogP contribution in [0.5, 0.6) is 5.75 Å². The average molecular weight is 297 g/mol. The Hall–Kier alpha value is -2.57. The molecule has 0 aliphatic carbocycles. The quantitative estimate of drug-likeness (QED) is 0.680. The third-order valence-electron chi connectivity index (χ3n) is 2.46. The minimum atomic E-state index is -1.27. The predicted octanol–water partition coefficient (Wildman–Crippen LogP) is 1.37. The molecule has 0 aliphatic rings. The maximum atomic E-state index is 10.8. The van der Waals surface area contributed by atoms with Gasteiger partial charge >= 0.3 is 11.9 Å². The molecule has 1 aromatic carbocycles. The van der Waals surface area contributed by atoms with Gasteiger partial charge in [-0.15, -0.1) is 0 Å². The van der Waals surface area contributed by atoms with E-state index in [2.05, 4.69) is 0 Å². The van der Waals surface area contributed by atoms with Crippen molar-refractivity contribution < 1.29 is 29.3 Å². The van der Waals surface area contributed by atoms with E-state index in [0.29, 0.717) is 17.9 Å². The van der Waals surface area contributed by atoms with Crippen molar-refractivity contribution in [3.05, 3.63) is 29.8 Å². The van der Waals surface area contributed by atoms with Gasteiger partial charge in [0.1, 0.15) is 5.75 Å². The number of amides is 1. The van der Waals surface area contributed by atoms with Crippen molar-refractivity contribution in [1.82, 2.24) is 0 Å². The molecule has 0 atom stereocenters. The SMILES string of the molecule is CCC(C(=O)O)C(=O)O.CCOc1ccccc1C(N)=O. The summed E-state index contributed by atoms with van der Waals surface area (Å²) in [5.41, 5.74) is 5.56. The first-order valence-electron chi connectivity index (χ1n) is 6.32. The van der Waals surface area contributed by atoms with Crippen LogP contribution in [0.2, 0.25) is 0 Å². The second-order valence-electron chi connectivity index (χ2n) is 3.93. The van der Waals surface area contributed by atoms with Crippen molar-refractivity contribution in [2.45, 2.75) is 20.3 Å². The van der Waals surface area contributed by atoms with Gasteiger partial charge in [-0.1, -0.05) is 19.1 Å². The van der Waals surface area contributed by atoms with Crippen LogP contribution in [0.1, 0.15) is 30.6 Å². The van der Waals surface area contributed by atoms with E-state index in [1.807, 2.05) is 6.92 Å². The molecule has 0 saturated carbocycles. The van der Waals surface area contributed by atoms with Gasteiger partial charge in [-0.25, -0.2) is 0 Å². The van der Waals surface area contributed by atoms with Gasteiger partial charge in [0.25, 0.3) is 5.91 Å². The van der Waals surface area contributed by atoms with Gasteiger partial charge in [0.2, 0.25) is 0 Å². The summed E-state index contributed by atoms with van der Waals surface area (Å²) in [6.45, 7) is 3.91. The first-order valence-corrected chi connectivity index (χ1v) is 6.32. The van der Waals surface area contributed by atoms with E-state index in [0.717, 1.165) is 0 Å². The highest BCUT2D eigenvalue weighted by Crippen LogP contribution is 2.16. The normalized spacial score (nSPS) is 9.48. The molecule has 0 fully saturated rings.